The van der Waals surface area contributed by atoms with Crippen LogP contribution in [0.5, 0.6) is 11.5 Å². The number of aromatic carboxylic acids is 1. The summed E-state index contributed by atoms with van der Waals surface area (Å²) in [6, 6.07) is 3.32. The molecule has 2 saturated heterocycles. The van der Waals surface area contributed by atoms with Crippen molar-refractivity contribution in [2.45, 2.75) is 36.8 Å². The van der Waals surface area contributed by atoms with Crippen molar-refractivity contribution in [3.63, 3.8) is 0 Å². The lowest BCUT2D eigenvalue weighted by atomic mass is 9.68. The number of fused-ring (bicyclic) bond motifs is 3. The molecule has 10 nitrogen and oxygen atoms in total. The number of amides is 1. The Morgan fingerprint density at radius 1 is 1.28 bits per heavy atom. The Balaban J connectivity index is 1.23. The molecule has 1 aromatic rings. The second-order valence-corrected chi connectivity index (χ2v) is 10.1. The van der Waals surface area contributed by atoms with E-state index in [1.807, 2.05) is 0 Å². The van der Waals surface area contributed by atoms with E-state index in [0.29, 0.717) is 38.1 Å². The number of ether oxygens (including phenoxy) is 2. The first-order valence-electron chi connectivity index (χ1n) is 11.1. The molecule has 1 saturated carbocycles. The highest BCUT2D eigenvalue weighted by Gasteiger charge is 2.55. The zero-order chi connectivity index (χ0) is 22.8. The van der Waals surface area contributed by atoms with Crippen molar-refractivity contribution in [1.29, 1.82) is 0 Å². The van der Waals surface area contributed by atoms with Crippen molar-refractivity contribution in [1.82, 2.24) is 4.90 Å². The highest BCUT2D eigenvalue weighted by Crippen LogP contribution is 2.63. The summed E-state index contributed by atoms with van der Waals surface area (Å²) in [7, 11) is 4.25. The third-order valence-electron chi connectivity index (χ3n) is 7.10. The van der Waals surface area contributed by atoms with Gasteiger partial charge in [0.2, 0.25) is 5.91 Å². The molecule has 3 heterocycles. The van der Waals surface area contributed by atoms with E-state index in [9.17, 15) is 24.7 Å². The Bertz CT molecular complexity index is 961. The van der Waals surface area contributed by atoms with Crippen LogP contribution in [-0.2, 0) is 9.53 Å². The van der Waals surface area contributed by atoms with E-state index >= 15 is 0 Å². The van der Waals surface area contributed by atoms with Gasteiger partial charge in [0.1, 0.15) is 36.6 Å². The van der Waals surface area contributed by atoms with Crippen molar-refractivity contribution in [2.24, 2.45) is 0 Å². The fourth-order valence-corrected chi connectivity index (χ4v) is 5.12. The minimum absolute atomic E-state index is 0.00296. The average molecular weight is 448 g/mol. The standard InChI is InChI=1S/C21H29BN2O8/c1-24(2)5-6-30-12(11-24)7-18(25)23-9-13(10-23)31-17-4-3-14-15-8-16(15)22(28,29)32-20(14)19(17)21(26)27/h3-4,12-13,15-16,28-29H,5-11H2,1-2H3,(H,26,27). The fourth-order valence-electron chi connectivity index (χ4n) is 5.12. The Morgan fingerprint density at radius 3 is 2.72 bits per heavy atom. The van der Waals surface area contributed by atoms with Gasteiger partial charge in [-0.1, -0.05) is 18.3 Å². The number of carbonyl (C=O) groups is 2. The maximum Gasteiger partial charge on any atom is 0.434 e. The largest absolute Gasteiger partial charge is 0.669 e. The summed E-state index contributed by atoms with van der Waals surface area (Å²) < 4.78 is 17.8. The number of quaternary nitrogens is 1. The zero-order valence-electron chi connectivity index (χ0n) is 18.3. The molecule has 3 unspecified atom stereocenters. The van der Waals surface area contributed by atoms with Gasteiger partial charge in [0.15, 0.2) is 0 Å². The van der Waals surface area contributed by atoms with Gasteiger partial charge in [-0.05, 0) is 17.5 Å². The quantitative estimate of drug-likeness (QED) is 0.425. The number of hydrogen-bond acceptors (Lipinski definition) is 7. The van der Waals surface area contributed by atoms with Crippen LogP contribution in [0.2, 0.25) is 5.82 Å². The third kappa shape index (κ3) is 3.83. The topological polar surface area (TPSA) is 126 Å². The summed E-state index contributed by atoms with van der Waals surface area (Å²) in [5.74, 6) is -1.68. The van der Waals surface area contributed by atoms with Gasteiger partial charge in [0.25, 0.3) is 0 Å². The van der Waals surface area contributed by atoms with E-state index in [1.54, 1.807) is 17.0 Å². The van der Waals surface area contributed by atoms with Crippen molar-refractivity contribution in [3.05, 3.63) is 23.3 Å². The number of carbonyl (C=O) groups excluding carboxylic acids is 1. The molecule has 0 radical (unpaired) electrons. The number of rotatable bonds is 5. The van der Waals surface area contributed by atoms with E-state index in [-0.39, 0.29) is 46.9 Å². The maximum absolute atomic E-state index is 12.6. The Labute approximate surface area is 185 Å². The van der Waals surface area contributed by atoms with Crippen molar-refractivity contribution in [3.8, 4) is 11.5 Å². The number of hydrogen-bond donors (Lipinski definition) is 3. The third-order valence-corrected chi connectivity index (χ3v) is 7.10. The van der Waals surface area contributed by atoms with Crippen LogP contribution in [0.4, 0.5) is 0 Å². The highest BCUT2D eigenvalue weighted by atomic mass is 16.6. The minimum Gasteiger partial charge on any atom is -0.669 e. The van der Waals surface area contributed by atoms with E-state index in [0.717, 1.165) is 17.6 Å². The predicted octanol–water partition coefficient (Wildman–Crippen LogP) is 0.0131. The molecular formula is C21H29BN2O8. The first-order valence-corrected chi connectivity index (χ1v) is 11.1. The molecule has 11 heteroatoms. The Hall–Kier alpha value is -2.34. The van der Waals surface area contributed by atoms with E-state index < -0.39 is 12.7 Å². The normalized spacial score (nSPS) is 29.8. The summed E-state index contributed by atoms with van der Waals surface area (Å²) in [5, 5.41) is 30.0. The van der Waals surface area contributed by atoms with Gasteiger partial charge in [0, 0.05) is 0 Å². The van der Waals surface area contributed by atoms with Crippen LogP contribution in [0.25, 0.3) is 0 Å². The molecule has 1 aromatic carbocycles. The van der Waals surface area contributed by atoms with Crippen molar-refractivity contribution < 1.29 is 43.4 Å². The van der Waals surface area contributed by atoms with Crippen molar-refractivity contribution in [2.75, 3.05) is 46.9 Å². The number of benzene rings is 1. The van der Waals surface area contributed by atoms with Gasteiger partial charge in [-0.25, -0.2) is 4.79 Å². The number of carboxylic acids is 1. The minimum atomic E-state index is -3.09. The molecule has 0 bridgehead atoms. The monoisotopic (exact) mass is 448 g/mol. The maximum atomic E-state index is 12.6. The van der Waals surface area contributed by atoms with Crippen LogP contribution in [0, 0.1) is 0 Å². The molecule has 1 aliphatic carbocycles. The van der Waals surface area contributed by atoms with Gasteiger partial charge in [-0.3, -0.25) is 4.79 Å². The van der Waals surface area contributed by atoms with Crippen LogP contribution >= 0.6 is 0 Å². The molecule has 32 heavy (non-hydrogen) atoms. The molecule has 3 N–H and O–H groups in total. The predicted molar refractivity (Wildman–Crippen MR) is 113 cm³/mol. The number of likely N-dealkylation sites (tertiary alicyclic amines) is 1. The summed E-state index contributed by atoms with van der Waals surface area (Å²) >= 11 is 0. The molecular weight excluding hydrogens is 419 g/mol. The van der Waals surface area contributed by atoms with Gasteiger partial charge >= 0.3 is 12.7 Å². The molecule has 4 aliphatic rings. The molecule has 1 amide bonds. The van der Waals surface area contributed by atoms with Crippen LogP contribution < -0.4 is 9.39 Å². The van der Waals surface area contributed by atoms with Crippen LogP contribution in [0.3, 0.4) is 0 Å². The molecule has 3 aliphatic heterocycles. The fraction of sp³-hybridized carbons (Fsp3) is 0.619. The van der Waals surface area contributed by atoms with Crippen LogP contribution in [-0.4, -0.2) is 102 Å². The smallest absolute Gasteiger partial charge is 0.434 e. The zero-order valence-corrected chi connectivity index (χ0v) is 18.3. The molecule has 0 aromatic heterocycles. The number of carboxylic acid groups (broad SMARTS) is 1. The number of nitrogens with zero attached hydrogens (tertiary/aromatic N) is 2. The van der Waals surface area contributed by atoms with Gasteiger partial charge < -0.3 is 38.7 Å². The molecule has 5 rings (SSSR count). The second kappa shape index (κ2) is 7.34. The first kappa shape index (κ1) is 21.5. The average Bonchev–Trinajstić information content (AvgIpc) is 3.44. The Kier molecular flexibility index (Phi) is 4.93. The summed E-state index contributed by atoms with van der Waals surface area (Å²) in [5.41, 5.74) is 0.460. The summed E-state index contributed by atoms with van der Waals surface area (Å²) in [6.07, 6.45) is 0.430. The lowest BCUT2D eigenvalue weighted by Crippen LogP contribution is -2.58. The lowest BCUT2D eigenvalue weighted by molar-refractivity contribution is -0.901. The SMILES string of the molecule is C[N+]1(C)CCOC(CC(=O)N2CC(Oc3ccc4c(c3C(=O)O)O[B-](O)(O)C3CC43)C2)C1. The molecule has 3 atom stereocenters. The first-order chi connectivity index (χ1) is 15.0. The van der Waals surface area contributed by atoms with E-state index in [2.05, 4.69) is 14.1 Å². The van der Waals surface area contributed by atoms with Crippen LogP contribution in [0.1, 0.15) is 34.7 Å². The summed E-state index contributed by atoms with van der Waals surface area (Å²) in [4.78, 5) is 26.2. The Morgan fingerprint density at radius 2 is 2.03 bits per heavy atom. The molecule has 3 fully saturated rings. The van der Waals surface area contributed by atoms with Crippen LogP contribution in [0.15, 0.2) is 12.1 Å². The second-order valence-electron chi connectivity index (χ2n) is 10.1. The van der Waals surface area contributed by atoms with E-state index in [1.165, 1.54) is 0 Å². The number of likely N-dealkylation sites (N-methyl/N-ethyl adjacent to an activating group) is 1. The van der Waals surface area contributed by atoms with Gasteiger partial charge in [-0.15, -0.1) is 0 Å². The van der Waals surface area contributed by atoms with Gasteiger partial charge in [-0.2, -0.15) is 0 Å². The van der Waals surface area contributed by atoms with E-state index in [4.69, 9.17) is 14.1 Å². The molecule has 0 spiro atoms. The lowest BCUT2D eigenvalue weighted by Gasteiger charge is -2.42. The number of morpholine rings is 1. The van der Waals surface area contributed by atoms with Crippen molar-refractivity contribution >= 4 is 18.6 Å². The highest BCUT2D eigenvalue weighted by molar-refractivity contribution is 6.62. The summed E-state index contributed by atoms with van der Waals surface area (Å²) in [6.45, 7) is -0.00876. The van der Waals surface area contributed by atoms with Gasteiger partial charge in [0.05, 0.1) is 46.0 Å². The molecule has 174 valence electrons.